The summed E-state index contributed by atoms with van der Waals surface area (Å²) in [6.45, 7) is 3.70. The fourth-order valence-electron chi connectivity index (χ4n) is 2.65. The maximum absolute atomic E-state index is 4.35. The largest absolute Gasteiger partial charge is 0.301 e. The summed E-state index contributed by atoms with van der Waals surface area (Å²) in [5, 5.41) is 4.35. The van der Waals surface area contributed by atoms with Gasteiger partial charge in [0.1, 0.15) is 6.33 Å². The Morgan fingerprint density at radius 2 is 2.14 bits per heavy atom. The van der Waals surface area contributed by atoms with Crippen molar-refractivity contribution in [3.8, 4) is 0 Å². The molecule has 0 N–H and O–H groups in total. The van der Waals surface area contributed by atoms with Gasteiger partial charge in [-0.2, -0.15) is 0 Å². The van der Waals surface area contributed by atoms with Crippen LogP contribution in [0.3, 0.4) is 0 Å². The minimum atomic E-state index is 0.552. The van der Waals surface area contributed by atoms with E-state index in [0.29, 0.717) is 10.8 Å². The zero-order valence-corrected chi connectivity index (χ0v) is 9.52. The third-order valence-electron chi connectivity index (χ3n) is 3.44. The number of fused-ring (bicyclic) bond motifs is 3. The van der Waals surface area contributed by atoms with Crippen molar-refractivity contribution in [2.45, 2.75) is 18.9 Å². The first kappa shape index (κ1) is 8.85. The molecule has 1 aromatic rings. The van der Waals surface area contributed by atoms with Crippen LogP contribution in [-0.2, 0) is 0 Å². The first-order valence-electron chi connectivity index (χ1n) is 5.12. The van der Waals surface area contributed by atoms with Crippen LogP contribution in [0, 0.1) is 5.92 Å². The quantitative estimate of drug-likeness (QED) is 0.760. The number of rotatable bonds is 1. The number of hydrogen-bond donors (Lipinski definition) is 0. The Kier molecular flexibility index (Phi) is 2.09. The predicted octanol–water partition coefficient (Wildman–Crippen LogP) is 1.31. The zero-order chi connectivity index (χ0) is 9.54. The van der Waals surface area contributed by atoms with Gasteiger partial charge in [0, 0.05) is 6.54 Å². The van der Waals surface area contributed by atoms with Crippen LogP contribution in [-0.4, -0.2) is 39.3 Å². The van der Waals surface area contributed by atoms with Crippen LogP contribution in [0.25, 0.3) is 0 Å². The molecule has 0 saturated carbocycles. The highest BCUT2D eigenvalue weighted by atomic mass is 79.9. The first-order chi connectivity index (χ1) is 6.83. The Bertz CT molecular complexity index is 329. The average molecular weight is 257 g/mol. The van der Waals surface area contributed by atoms with Crippen molar-refractivity contribution in [3.63, 3.8) is 0 Å². The summed E-state index contributed by atoms with van der Waals surface area (Å²) in [7, 11) is 0. The third-order valence-corrected chi connectivity index (χ3v) is 3.81. The van der Waals surface area contributed by atoms with E-state index in [4.69, 9.17) is 0 Å². The standard InChI is InChI=1S/C9H13BrN4/c10-9-11-6-14(12-9)8-5-13-3-1-7(8)2-4-13/h6-8H,1-5H2. The predicted molar refractivity (Wildman–Crippen MR) is 55.9 cm³/mol. The molecule has 3 fully saturated rings. The van der Waals surface area contributed by atoms with Crippen molar-refractivity contribution < 1.29 is 0 Å². The summed E-state index contributed by atoms with van der Waals surface area (Å²) in [6, 6.07) is 0.552. The molecule has 2 bridgehead atoms. The van der Waals surface area contributed by atoms with Crippen molar-refractivity contribution in [1.29, 1.82) is 0 Å². The summed E-state index contributed by atoms with van der Waals surface area (Å²) in [5.41, 5.74) is 0. The van der Waals surface area contributed by atoms with Gasteiger partial charge in [-0.3, -0.25) is 0 Å². The van der Waals surface area contributed by atoms with Crippen molar-refractivity contribution in [3.05, 3.63) is 11.1 Å². The Hall–Kier alpha value is -0.420. The van der Waals surface area contributed by atoms with Gasteiger partial charge in [-0.25, -0.2) is 9.67 Å². The maximum Gasteiger partial charge on any atom is 0.217 e. The lowest BCUT2D eigenvalue weighted by molar-refractivity contribution is 0.0510. The van der Waals surface area contributed by atoms with E-state index in [9.17, 15) is 0 Å². The highest BCUT2D eigenvalue weighted by Gasteiger charge is 2.35. The molecule has 0 amide bonds. The van der Waals surface area contributed by atoms with Gasteiger partial charge >= 0.3 is 0 Å². The molecule has 0 aliphatic carbocycles. The zero-order valence-electron chi connectivity index (χ0n) is 7.93. The fourth-order valence-corrected chi connectivity index (χ4v) is 2.92. The van der Waals surface area contributed by atoms with E-state index in [-0.39, 0.29) is 0 Å². The van der Waals surface area contributed by atoms with Crippen molar-refractivity contribution in [1.82, 2.24) is 19.7 Å². The Morgan fingerprint density at radius 3 is 2.64 bits per heavy atom. The second-order valence-corrected chi connectivity index (χ2v) is 4.91. The fraction of sp³-hybridized carbons (Fsp3) is 0.778. The first-order valence-corrected chi connectivity index (χ1v) is 5.91. The molecule has 76 valence electrons. The number of aromatic nitrogens is 3. The van der Waals surface area contributed by atoms with Gasteiger partial charge in [-0.15, -0.1) is 5.10 Å². The van der Waals surface area contributed by atoms with Gasteiger partial charge in [-0.05, 0) is 47.8 Å². The second-order valence-electron chi connectivity index (χ2n) is 4.20. The van der Waals surface area contributed by atoms with Gasteiger partial charge in [0.2, 0.25) is 4.73 Å². The Balaban J connectivity index is 1.85. The number of halogens is 1. The van der Waals surface area contributed by atoms with Crippen molar-refractivity contribution in [2.24, 2.45) is 5.92 Å². The molecule has 4 nitrogen and oxygen atoms in total. The summed E-state index contributed by atoms with van der Waals surface area (Å²) >= 11 is 3.30. The molecule has 5 heteroatoms. The maximum atomic E-state index is 4.35. The van der Waals surface area contributed by atoms with E-state index in [1.54, 1.807) is 0 Å². The van der Waals surface area contributed by atoms with Gasteiger partial charge in [0.25, 0.3) is 0 Å². The van der Waals surface area contributed by atoms with E-state index >= 15 is 0 Å². The molecule has 3 aliphatic rings. The number of piperidine rings is 3. The number of hydrogen-bond acceptors (Lipinski definition) is 3. The third kappa shape index (κ3) is 1.39. The highest BCUT2D eigenvalue weighted by molar-refractivity contribution is 9.10. The van der Waals surface area contributed by atoms with Crippen LogP contribution in [0.5, 0.6) is 0 Å². The van der Waals surface area contributed by atoms with Crippen LogP contribution in [0.2, 0.25) is 0 Å². The summed E-state index contributed by atoms with van der Waals surface area (Å²) < 4.78 is 2.73. The van der Waals surface area contributed by atoms with Crippen LogP contribution in [0.4, 0.5) is 0 Å². The van der Waals surface area contributed by atoms with E-state index in [1.165, 1.54) is 25.9 Å². The minimum absolute atomic E-state index is 0.552. The summed E-state index contributed by atoms with van der Waals surface area (Å²) in [5.74, 6) is 0.814. The SMILES string of the molecule is Brc1ncn(C2CN3CCC2CC3)n1. The topological polar surface area (TPSA) is 34.0 Å². The van der Waals surface area contributed by atoms with E-state index in [0.717, 1.165) is 12.5 Å². The molecule has 0 spiro atoms. The highest BCUT2D eigenvalue weighted by Crippen LogP contribution is 2.34. The number of nitrogens with zero attached hydrogens (tertiary/aromatic N) is 4. The van der Waals surface area contributed by atoms with Gasteiger partial charge < -0.3 is 4.90 Å². The van der Waals surface area contributed by atoms with Crippen molar-refractivity contribution in [2.75, 3.05) is 19.6 Å². The molecular formula is C9H13BrN4. The lowest BCUT2D eigenvalue weighted by Gasteiger charge is -2.44. The summed E-state index contributed by atoms with van der Waals surface area (Å²) in [6.07, 6.45) is 4.49. The summed E-state index contributed by atoms with van der Waals surface area (Å²) in [4.78, 5) is 6.65. The Morgan fingerprint density at radius 1 is 1.36 bits per heavy atom. The van der Waals surface area contributed by atoms with Crippen molar-refractivity contribution >= 4 is 15.9 Å². The average Bonchev–Trinajstić information content (AvgIpc) is 2.66. The molecule has 14 heavy (non-hydrogen) atoms. The molecule has 3 saturated heterocycles. The van der Waals surface area contributed by atoms with Gasteiger partial charge in [0.05, 0.1) is 6.04 Å². The van der Waals surface area contributed by atoms with Crippen LogP contribution in [0.15, 0.2) is 11.1 Å². The molecule has 0 radical (unpaired) electrons. The molecular weight excluding hydrogens is 244 g/mol. The van der Waals surface area contributed by atoms with Crippen LogP contribution >= 0.6 is 15.9 Å². The minimum Gasteiger partial charge on any atom is -0.301 e. The van der Waals surface area contributed by atoms with Crippen LogP contribution in [0.1, 0.15) is 18.9 Å². The van der Waals surface area contributed by atoms with Crippen LogP contribution < -0.4 is 0 Å². The molecule has 1 aromatic heterocycles. The van der Waals surface area contributed by atoms with Gasteiger partial charge in [-0.1, -0.05) is 0 Å². The monoisotopic (exact) mass is 256 g/mol. The normalized spacial score (nSPS) is 36.2. The molecule has 4 heterocycles. The molecule has 3 aliphatic heterocycles. The molecule has 4 rings (SSSR count). The lowest BCUT2D eigenvalue weighted by Crippen LogP contribution is -2.48. The second kappa shape index (κ2) is 3.31. The van der Waals surface area contributed by atoms with E-state index < -0.39 is 0 Å². The van der Waals surface area contributed by atoms with E-state index in [1.807, 2.05) is 11.0 Å². The smallest absolute Gasteiger partial charge is 0.217 e. The lowest BCUT2D eigenvalue weighted by atomic mass is 9.84. The molecule has 1 unspecified atom stereocenters. The van der Waals surface area contributed by atoms with Gasteiger partial charge in [0.15, 0.2) is 0 Å². The molecule has 1 atom stereocenters. The molecule has 0 aromatic carbocycles. The Labute approximate surface area is 91.4 Å². The van der Waals surface area contributed by atoms with E-state index in [2.05, 4.69) is 30.9 Å².